The fraction of sp³-hybridized carbons (Fsp3) is 0.310. The maximum absolute atomic E-state index is 13.7. The molecule has 3 aromatic rings. The van der Waals surface area contributed by atoms with Gasteiger partial charge in [0.2, 0.25) is 11.8 Å². The first kappa shape index (κ1) is 28.1. The summed E-state index contributed by atoms with van der Waals surface area (Å²) in [5.74, 6) is 0.658. The summed E-state index contributed by atoms with van der Waals surface area (Å²) < 4.78 is 0. The average molecular weight is 544 g/mol. The number of nitrogens with zero attached hydrogens (tertiary/aromatic N) is 1. The molecule has 36 heavy (non-hydrogen) atoms. The highest BCUT2D eigenvalue weighted by molar-refractivity contribution is 7.99. The smallest absolute Gasteiger partial charge is 0.243 e. The number of hydrogen-bond donors (Lipinski definition) is 1. The molecule has 2 amide bonds. The van der Waals surface area contributed by atoms with E-state index in [4.69, 9.17) is 23.2 Å². The summed E-state index contributed by atoms with van der Waals surface area (Å²) in [7, 11) is 0. The minimum Gasteiger partial charge on any atom is -0.352 e. The zero-order chi connectivity index (χ0) is 25.9. The monoisotopic (exact) mass is 542 g/mol. The lowest BCUT2D eigenvalue weighted by molar-refractivity contribution is -0.139. The largest absolute Gasteiger partial charge is 0.352 e. The van der Waals surface area contributed by atoms with E-state index in [1.54, 1.807) is 11.0 Å². The molecule has 0 aliphatic rings. The molecule has 0 saturated carbocycles. The molecule has 1 N–H and O–H groups in total. The van der Waals surface area contributed by atoms with Crippen LogP contribution in [0.1, 0.15) is 37.0 Å². The van der Waals surface area contributed by atoms with E-state index in [0.29, 0.717) is 22.2 Å². The van der Waals surface area contributed by atoms with Crippen LogP contribution < -0.4 is 5.32 Å². The van der Waals surface area contributed by atoms with Crippen LogP contribution in [-0.4, -0.2) is 34.6 Å². The Balaban J connectivity index is 1.86. The van der Waals surface area contributed by atoms with Crippen LogP contribution in [0.15, 0.2) is 78.9 Å². The van der Waals surface area contributed by atoms with Gasteiger partial charge in [0.05, 0.1) is 5.75 Å². The van der Waals surface area contributed by atoms with Gasteiger partial charge in [-0.25, -0.2) is 0 Å². The zero-order valence-corrected chi connectivity index (χ0v) is 23.0. The molecule has 2 atom stereocenters. The molecule has 0 heterocycles. The van der Waals surface area contributed by atoms with Crippen molar-refractivity contribution in [3.05, 3.63) is 106 Å². The van der Waals surface area contributed by atoms with Crippen LogP contribution in [0.25, 0.3) is 0 Å². The molecule has 0 saturated heterocycles. The maximum Gasteiger partial charge on any atom is 0.243 e. The first-order chi connectivity index (χ1) is 17.4. The highest BCUT2D eigenvalue weighted by Gasteiger charge is 2.31. The van der Waals surface area contributed by atoms with Crippen molar-refractivity contribution in [1.29, 1.82) is 0 Å². The Morgan fingerprint density at radius 3 is 2.25 bits per heavy atom. The summed E-state index contributed by atoms with van der Waals surface area (Å²) in [6.45, 7) is 4.25. The second kappa shape index (κ2) is 14.3. The molecule has 0 spiro atoms. The fourth-order valence-corrected chi connectivity index (χ4v) is 4.92. The van der Waals surface area contributed by atoms with Crippen LogP contribution in [0, 0.1) is 0 Å². The summed E-state index contributed by atoms with van der Waals surface area (Å²) in [6, 6.07) is 24.2. The van der Waals surface area contributed by atoms with Crippen LogP contribution in [0.5, 0.6) is 0 Å². The third kappa shape index (κ3) is 8.58. The van der Waals surface area contributed by atoms with Gasteiger partial charge in [-0.15, -0.1) is 11.8 Å². The van der Waals surface area contributed by atoms with Crippen molar-refractivity contribution >= 4 is 46.8 Å². The summed E-state index contributed by atoms with van der Waals surface area (Å²) in [4.78, 5) is 28.8. The number of hydrogen-bond acceptors (Lipinski definition) is 3. The quantitative estimate of drug-likeness (QED) is 0.274. The molecular formula is C29H32Cl2N2O2S. The predicted octanol–water partition coefficient (Wildman–Crippen LogP) is 6.78. The number of thioether (sulfide) groups is 1. The number of amides is 2. The lowest BCUT2D eigenvalue weighted by atomic mass is 10.0. The van der Waals surface area contributed by atoms with Crippen molar-refractivity contribution in [2.75, 3.05) is 5.75 Å². The van der Waals surface area contributed by atoms with E-state index >= 15 is 0 Å². The van der Waals surface area contributed by atoms with Gasteiger partial charge < -0.3 is 10.2 Å². The Bertz CT molecular complexity index is 1130. The molecule has 0 radical (unpaired) electrons. The van der Waals surface area contributed by atoms with Crippen molar-refractivity contribution < 1.29 is 9.59 Å². The maximum atomic E-state index is 13.7. The molecule has 0 aromatic heterocycles. The standard InChI is InChI=1S/C29H32Cl2N2O2S/c1-3-21(2)32-29(35)27(17-22-9-5-4-6-10-22)33(18-24-11-7-8-12-26(24)31)28(34)20-36-19-23-13-15-25(30)16-14-23/h4-16,21,27H,3,17-20H2,1-2H3,(H,32,35)/t21-,27-/m0/s1. The fourth-order valence-electron chi connectivity index (χ4n) is 3.72. The molecule has 0 bridgehead atoms. The summed E-state index contributed by atoms with van der Waals surface area (Å²) in [6.07, 6.45) is 1.22. The number of nitrogens with one attached hydrogen (secondary N) is 1. The summed E-state index contributed by atoms with van der Waals surface area (Å²) >= 11 is 14.0. The average Bonchev–Trinajstić information content (AvgIpc) is 2.88. The lowest BCUT2D eigenvalue weighted by Crippen LogP contribution is -2.52. The van der Waals surface area contributed by atoms with Gasteiger partial charge in [-0.1, -0.05) is 90.8 Å². The highest BCUT2D eigenvalue weighted by atomic mass is 35.5. The summed E-state index contributed by atoms with van der Waals surface area (Å²) in [5.41, 5.74) is 2.89. The number of carbonyl (C=O) groups is 2. The second-order valence-electron chi connectivity index (χ2n) is 8.76. The first-order valence-corrected chi connectivity index (χ1v) is 14.0. The van der Waals surface area contributed by atoms with Crippen LogP contribution in [-0.2, 0) is 28.3 Å². The molecule has 7 heteroatoms. The van der Waals surface area contributed by atoms with Gasteiger partial charge in [0.1, 0.15) is 6.04 Å². The minimum absolute atomic E-state index is 0.00678. The van der Waals surface area contributed by atoms with Crippen LogP contribution in [0.4, 0.5) is 0 Å². The van der Waals surface area contributed by atoms with Crippen molar-refractivity contribution in [2.45, 2.75) is 51.1 Å². The third-order valence-electron chi connectivity index (χ3n) is 5.98. The number of carbonyl (C=O) groups excluding carboxylic acids is 2. The molecule has 0 aliphatic carbocycles. The Hall–Kier alpha value is -2.47. The second-order valence-corrected chi connectivity index (χ2v) is 10.6. The molecule has 3 rings (SSSR count). The SMILES string of the molecule is CC[C@H](C)NC(=O)[C@H](Cc1ccccc1)N(Cc1ccccc1Cl)C(=O)CSCc1ccc(Cl)cc1. The molecule has 4 nitrogen and oxygen atoms in total. The van der Waals surface area contributed by atoms with Gasteiger partial charge in [0.25, 0.3) is 0 Å². The normalized spacial score (nSPS) is 12.6. The van der Waals surface area contributed by atoms with E-state index in [-0.39, 0.29) is 30.2 Å². The van der Waals surface area contributed by atoms with E-state index in [2.05, 4.69) is 5.32 Å². The minimum atomic E-state index is -0.665. The Labute approximate surface area is 228 Å². The first-order valence-electron chi connectivity index (χ1n) is 12.1. The number of halogens is 2. The van der Waals surface area contributed by atoms with E-state index in [0.717, 1.165) is 23.1 Å². The Kier molecular flexibility index (Phi) is 11.2. The Morgan fingerprint density at radius 2 is 1.58 bits per heavy atom. The summed E-state index contributed by atoms with van der Waals surface area (Å²) in [5, 5.41) is 4.34. The number of benzene rings is 3. The van der Waals surface area contributed by atoms with E-state index < -0.39 is 6.04 Å². The highest BCUT2D eigenvalue weighted by Crippen LogP contribution is 2.22. The van der Waals surface area contributed by atoms with Gasteiger partial charge in [0.15, 0.2) is 0 Å². The van der Waals surface area contributed by atoms with Crippen molar-refractivity contribution in [2.24, 2.45) is 0 Å². The molecule has 190 valence electrons. The van der Waals surface area contributed by atoms with Gasteiger partial charge >= 0.3 is 0 Å². The van der Waals surface area contributed by atoms with Gasteiger partial charge in [-0.05, 0) is 48.2 Å². The zero-order valence-electron chi connectivity index (χ0n) is 20.6. The van der Waals surface area contributed by atoms with Gasteiger partial charge in [-0.3, -0.25) is 9.59 Å². The lowest BCUT2D eigenvalue weighted by Gasteiger charge is -2.32. The van der Waals surface area contributed by atoms with Gasteiger partial charge in [-0.2, -0.15) is 0 Å². The van der Waals surface area contributed by atoms with Crippen LogP contribution >= 0.6 is 35.0 Å². The molecule has 0 fully saturated rings. The number of rotatable bonds is 12. The topological polar surface area (TPSA) is 49.4 Å². The van der Waals surface area contributed by atoms with Crippen molar-refractivity contribution in [1.82, 2.24) is 10.2 Å². The van der Waals surface area contributed by atoms with Crippen molar-refractivity contribution in [3.63, 3.8) is 0 Å². The van der Waals surface area contributed by atoms with Crippen LogP contribution in [0.3, 0.4) is 0 Å². The van der Waals surface area contributed by atoms with E-state index in [1.165, 1.54) is 11.8 Å². The third-order valence-corrected chi connectivity index (χ3v) is 7.59. The van der Waals surface area contributed by atoms with E-state index in [9.17, 15) is 9.59 Å². The Morgan fingerprint density at radius 1 is 0.917 bits per heavy atom. The molecular weight excluding hydrogens is 511 g/mol. The van der Waals surface area contributed by atoms with E-state index in [1.807, 2.05) is 86.6 Å². The van der Waals surface area contributed by atoms with Crippen LogP contribution in [0.2, 0.25) is 10.0 Å². The molecule has 0 unspecified atom stereocenters. The van der Waals surface area contributed by atoms with Gasteiger partial charge in [0, 0.05) is 34.8 Å². The van der Waals surface area contributed by atoms with Crippen molar-refractivity contribution in [3.8, 4) is 0 Å². The molecule has 0 aliphatic heterocycles. The predicted molar refractivity (Wildman–Crippen MR) is 151 cm³/mol. The molecule has 3 aromatic carbocycles.